The molecule has 24 heavy (non-hydrogen) atoms. The van der Waals surface area contributed by atoms with Crippen LogP contribution < -0.4 is 10.6 Å². The summed E-state index contributed by atoms with van der Waals surface area (Å²) in [6.07, 6.45) is 1.80. The summed E-state index contributed by atoms with van der Waals surface area (Å²) in [4.78, 5) is 16.6. The lowest BCUT2D eigenvalue weighted by molar-refractivity contribution is -0.132. The molecule has 0 saturated carbocycles. The molecule has 0 bridgehead atoms. The summed E-state index contributed by atoms with van der Waals surface area (Å²) in [5, 5.41) is 6.86. The molecule has 2 fully saturated rings. The number of rotatable bonds is 5. The van der Waals surface area contributed by atoms with Crippen molar-refractivity contribution in [2.45, 2.75) is 18.9 Å². The van der Waals surface area contributed by atoms with Gasteiger partial charge in [0.25, 0.3) is 0 Å². The average molecular weight is 375 g/mol. The molecule has 3 rings (SSSR count). The van der Waals surface area contributed by atoms with Gasteiger partial charge in [-0.15, -0.1) is 24.8 Å². The van der Waals surface area contributed by atoms with Crippen molar-refractivity contribution in [3.05, 3.63) is 30.3 Å². The van der Waals surface area contributed by atoms with Crippen molar-refractivity contribution in [2.24, 2.45) is 0 Å². The van der Waals surface area contributed by atoms with Crippen LogP contribution in [0.1, 0.15) is 12.8 Å². The van der Waals surface area contributed by atoms with Gasteiger partial charge in [0.2, 0.25) is 5.91 Å². The van der Waals surface area contributed by atoms with Crippen molar-refractivity contribution in [3.8, 4) is 0 Å². The summed E-state index contributed by atoms with van der Waals surface area (Å²) >= 11 is 0. The van der Waals surface area contributed by atoms with Crippen LogP contribution in [0.5, 0.6) is 0 Å². The molecule has 0 spiro atoms. The summed E-state index contributed by atoms with van der Waals surface area (Å²) in [5.41, 5.74) is 1.19. The SMILES string of the molecule is Cl.Cl.O=C(CCN1CCC(Nc2ccccc2)C1)N1CCNCC1. The number of amides is 1. The maximum Gasteiger partial charge on any atom is 0.223 e. The summed E-state index contributed by atoms with van der Waals surface area (Å²) in [5.74, 6) is 0.306. The van der Waals surface area contributed by atoms with Gasteiger partial charge in [0.1, 0.15) is 0 Å². The van der Waals surface area contributed by atoms with Gasteiger partial charge in [-0.25, -0.2) is 0 Å². The van der Waals surface area contributed by atoms with E-state index in [-0.39, 0.29) is 24.8 Å². The lowest BCUT2D eigenvalue weighted by Crippen LogP contribution is -2.47. The molecule has 136 valence electrons. The van der Waals surface area contributed by atoms with Gasteiger partial charge < -0.3 is 20.4 Å². The van der Waals surface area contributed by atoms with Gasteiger partial charge in [0, 0.05) is 64.0 Å². The summed E-state index contributed by atoms with van der Waals surface area (Å²) in [6.45, 7) is 6.57. The summed E-state index contributed by atoms with van der Waals surface area (Å²) in [6, 6.07) is 10.9. The molecule has 2 aliphatic heterocycles. The molecule has 0 aromatic heterocycles. The first-order valence-corrected chi connectivity index (χ1v) is 8.34. The minimum absolute atomic E-state index is 0. The van der Waals surface area contributed by atoms with Crippen LogP contribution in [0.4, 0.5) is 5.69 Å². The van der Waals surface area contributed by atoms with Crippen molar-refractivity contribution in [3.63, 3.8) is 0 Å². The number of halogens is 2. The number of nitrogens with zero attached hydrogens (tertiary/aromatic N) is 2. The molecule has 5 nitrogen and oxygen atoms in total. The third kappa shape index (κ3) is 6.13. The van der Waals surface area contributed by atoms with Crippen molar-refractivity contribution in [1.82, 2.24) is 15.1 Å². The molecular weight excluding hydrogens is 347 g/mol. The Labute approximate surface area is 157 Å². The number of nitrogens with one attached hydrogen (secondary N) is 2. The zero-order valence-corrected chi connectivity index (χ0v) is 15.6. The zero-order valence-electron chi connectivity index (χ0n) is 13.9. The second-order valence-corrected chi connectivity index (χ2v) is 6.18. The largest absolute Gasteiger partial charge is 0.381 e. The van der Waals surface area contributed by atoms with Crippen LogP contribution in [-0.4, -0.2) is 67.6 Å². The fourth-order valence-electron chi connectivity index (χ4n) is 3.25. The molecule has 1 aromatic carbocycles. The molecular formula is C17H28Cl2N4O. The third-order valence-electron chi connectivity index (χ3n) is 4.53. The van der Waals surface area contributed by atoms with E-state index in [4.69, 9.17) is 0 Å². The predicted octanol–water partition coefficient (Wildman–Crippen LogP) is 1.84. The number of hydrogen-bond donors (Lipinski definition) is 2. The number of hydrogen-bond acceptors (Lipinski definition) is 4. The van der Waals surface area contributed by atoms with E-state index >= 15 is 0 Å². The Bertz CT molecular complexity index is 483. The maximum absolute atomic E-state index is 12.2. The molecule has 0 radical (unpaired) electrons. The van der Waals surface area contributed by atoms with Crippen LogP contribution in [0.2, 0.25) is 0 Å². The molecule has 2 N–H and O–H groups in total. The second kappa shape index (κ2) is 10.8. The highest BCUT2D eigenvalue weighted by Crippen LogP contribution is 2.16. The number of likely N-dealkylation sites (tertiary alicyclic amines) is 1. The fraction of sp³-hybridized carbons (Fsp3) is 0.588. The van der Waals surface area contributed by atoms with Crippen molar-refractivity contribution in [2.75, 3.05) is 51.1 Å². The number of anilines is 1. The monoisotopic (exact) mass is 374 g/mol. The van der Waals surface area contributed by atoms with Crippen LogP contribution in [0.3, 0.4) is 0 Å². The molecule has 1 atom stereocenters. The Balaban J connectivity index is 0.00000144. The van der Waals surface area contributed by atoms with Gasteiger partial charge in [-0.2, -0.15) is 0 Å². The van der Waals surface area contributed by atoms with Gasteiger partial charge in [-0.1, -0.05) is 18.2 Å². The smallest absolute Gasteiger partial charge is 0.223 e. The molecule has 7 heteroatoms. The van der Waals surface area contributed by atoms with E-state index in [1.54, 1.807) is 0 Å². The lowest BCUT2D eigenvalue weighted by Gasteiger charge is -2.28. The lowest BCUT2D eigenvalue weighted by atomic mass is 10.2. The topological polar surface area (TPSA) is 47.6 Å². The standard InChI is InChI=1S/C17H26N4O.2ClH/c22-17(21-12-8-18-9-13-21)7-11-20-10-6-16(14-20)19-15-4-2-1-3-5-15;;/h1-5,16,18-19H,6-14H2;2*1H. The van der Waals surface area contributed by atoms with Crippen LogP contribution in [0.25, 0.3) is 0 Å². The van der Waals surface area contributed by atoms with E-state index in [0.717, 1.165) is 52.2 Å². The van der Waals surface area contributed by atoms with Crippen molar-refractivity contribution >= 4 is 36.4 Å². The molecule has 0 aliphatic carbocycles. The van der Waals surface area contributed by atoms with Gasteiger partial charge >= 0.3 is 0 Å². The Hall–Kier alpha value is -1.01. The highest BCUT2D eigenvalue weighted by Gasteiger charge is 2.23. The van der Waals surface area contributed by atoms with Gasteiger partial charge in [-0.3, -0.25) is 4.79 Å². The average Bonchev–Trinajstić information content (AvgIpc) is 3.02. The summed E-state index contributed by atoms with van der Waals surface area (Å²) < 4.78 is 0. The Kier molecular flexibility index (Phi) is 9.44. The number of carbonyl (C=O) groups excluding carboxylic acids is 1. The number of carbonyl (C=O) groups is 1. The highest BCUT2D eigenvalue weighted by atomic mass is 35.5. The quantitative estimate of drug-likeness (QED) is 0.825. The third-order valence-corrected chi connectivity index (χ3v) is 4.53. The number of piperazine rings is 1. The molecule has 2 aliphatic rings. The van der Waals surface area contributed by atoms with E-state index in [1.807, 2.05) is 11.0 Å². The zero-order chi connectivity index (χ0) is 15.2. The maximum atomic E-state index is 12.2. The first kappa shape index (κ1) is 21.0. The van der Waals surface area contributed by atoms with Crippen LogP contribution in [-0.2, 0) is 4.79 Å². The van der Waals surface area contributed by atoms with Crippen LogP contribution >= 0.6 is 24.8 Å². The molecule has 1 unspecified atom stereocenters. The van der Waals surface area contributed by atoms with Crippen molar-refractivity contribution in [1.29, 1.82) is 0 Å². The first-order chi connectivity index (χ1) is 10.8. The van der Waals surface area contributed by atoms with Crippen LogP contribution in [0, 0.1) is 0 Å². The molecule has 2 saturated heterocycles. The van der Waals surface area contributed by atoms with E-state index in [1.165, 1.54) is 5.69 Å². The molecule has 2 heterocycles. The van der Waals surface area contributed by atoms with E-state index in [9.17, 15) is 4.79 Å². The van der Waals surface area contributed by atoms with E-state index < -0.39 is 0 Å². The normalized spacial score (nSPS) is 20.8. The van der Waals surface area contributed by atoms with E-state index in [0.29, 0.717) is 18.4 Å². The first-order valence-electron chi connectivity index (χ1n) is 8.34. The fourth-order valence-corrected chi connectivity index (χ4v) is 3.25. The predicted molar refractivity (Wildman–Crippen MR) is 103 cm³/mol. The van der Waals surface area contributed by atoms with Gasteiger partial charge in [0.15, 0.2) is 0 Å². The van der Waals surface area contributed by atoms with Gasteiger partial charge in [-0.05, 0) is 18.6 Å². The number of para-hydroxylation sites is 1. The highest BCUT2D eigenvalue weighted by molar-refractivity contribution is 5.85. The second-order valence-electron chi connectivity index (χ2n) is 6.18. The van der Waals surface area contributed by atoms with Gasteiger partial charge in [0.05, 0.1) is 0 Å². The summed E-state index contributed by atoms with van der Waals surface area (Å²) in [7, 11) is 0. The van der Waals surface area contributed by atoms with Crippen molar-refractivity contribution < 1.29 is 4.79 Å². The Morgan fingerprint density at radius 1 is 1.12 bits per heavy atom. The minimum atomic E-state index is 0. The molecule has 1 amide bonds. The Morgan fingerprint density at radius 3 is 2.54 bits per heavy atom. The van der Waals surface area contributed by atoms with Crippen LogP contribution in [0.15, 0.2) is 30.3 Å². The Morgan fingerprint density at radius 2 is 1.83 bits per heavy atom. The minimum Gasteiger partial charge on any atom is -0.381 e. The van der Waals surface area contributed by atoms with E-state index in [2.05, 4.69) is 39.8 Å². The molecule has 1 aromatic rings. The number of benzene rings is 1.